The highest BCUT2D eigenvalue weighted by Gasteiger charge is 2.33. The van der Waals surface area contributed by atoms with Crippen molar-refractivity contribution in [3.63, 3.8) is 0 Å². The van der Waals surface area contributed by atoms with E-state index in [0.29, 0.717) is 12.3 Å². The Morgan fingerprint density at radius 1 is 1.38 bits per heavy atom. The number of carboxylic acid groups (broad SMARTS) is 1. The maximum atomic E-state index is 12.4. The van der Waals surface area contributed by atoms with Gasteiger partial charge >= 0.3 is 5.97 Å². The number of aromatic nitrogens is 1. The summed E-state index contributed by atoms with van der Waals surface area (Å²) in [5.74, 6) is -1.42. The Morgan fingerprint density at radius 2 is 2.14 bits per heavy atom. The average molecular weight is 286 g/mol. The van der Waals surface area contributed by atoms with Crippen LogP contribution in [-0.2, 0) is 11.3 Å². The minimum atomic E-state index is -0.934. The molecule has 108 valence electrons. The van der Waals surface area contributed by atoms with Crippen LogP contribution in [0.3, 0.4) is 0 Å². The van der Waals surface area contributed by atoms with Gasteiger partial charge in [0, 0.05) is 19.2 Å². The Hall–Kier alpha value is -2.63. The monoisotopic (exact) mass is 286 g/mol. The zero-order valence-electron chi connectivity index (χ0n) is 11.4. The molecule has 0 spiro atoms. The molecule has 0 aliphatic carbocycles. The summed E-state index contributed by atoms with van der Waals surface area (Å²) in [4.78, 5) is 25.4. The lowest BCUT2D eigenvalue weighted by Gasteiger charge is -2.32. The first-order valence-electron chi connectivity index (χ1n) is 6.59. The van der Waals surface area contributed by atoms with Crippen molar-refractivity contribution in [1.29, 1.82) is 0 Å². The van der Waals surface area contributed by atoms with Crippen LogP contribution in [0.2, 0.25) is 0 Å². The van der Waals surface area contributed by atoms with E-state index in [9.17, 15) is 14.7 Å². The lowest BCUT2D eigenvalue weighted by Crippen LogP contribution is -2.40. The average Bonchev–Trinajstić information content (AvgIpc) is 2.91. The number of carbonyl (C=O) groups excluding carboxylic acids is 1. The van der Waals surface area contributed by atoms with Gasteiger partial charge < -0.3 is 14.5 Å². The number of fused-ring (bicyclic) bond motifs is 1. The summed E-state index contributed by atoms with van der Waals surface area (Å²) in [6.45, 7) is 2.22. The van der Waals surface area contributed by atoms with Crippen LogP contribution in [0.25, 0.3) is 0 Å². The summed E-state index contributed by atoms with van der Waals surface area (Å²) in [5, 5.41) is 13.1. The first-order valence-corrected chi connectivity index (χ1v) is 6.59. The van der Waals surface area contributed by atoms with Crippen LogP contribution in [0.5, 0.6) is 0 Å². The quantitative estimate of drug-likeness (QED) is 0.910. The second-order valence-corrected chi connectivity index (χ2v) is 5.10. The number of benzene rings is 1. The van der Waals surface area contributed by atoms with Gasteiger partial charge in [0.2, 0.25) is 0 Å². The zero-order chi connectivity index (χ0) is 15.0. The summed E-state index contributed by atoms with van der Waals surface area (Å²) in [6.07, 6.45) is 0. The molecular formula is C15H14N2O4. The number of carbonyl (C=O) groups is 2. The highest BCUT2D eigenvalue weighted by atomic mass is 16.5. The second kappa shape index (κ2) is 5.05. The summed E-state index contributed by atoms with van der Waals surface area (Å²) < 4.78 is 4.91. The number of hydrogen-bond acceptors (Lipinski definition) is 4. The minimum Gasteiger partial charge on any atom is -0.481 e. The predicted molar refractivity (Wildman–Crippen MR) is 72.8 cm³/mol. The summed E-state index contributed by atoms with van der Waals surface area (Å²) >= 11 is 0. The van der Waals surface area contributed by atoms with Crippen LogP contribution >= 0.6 is 0 Å². The van der Waals surface area contributed by atoms with Crippen molar-refractivity contribution in [1.82, 2.24) is 10.1 Å². The lowest BCUT2D eigenvalue weighted by atomic mass is 9.89. The van der Waals surface area contributed by atoms with Gasteiger partial charge in [0.25, 0.3) is 5.91 Å². The van der Waals surface area contributed by atoms with Gasteiger partial charge in [0.05, 0.1) is 5.92 Å². The number of carboxylic acids is 1. The van der Waals surface area contributed by atoms with Gasteiger partial charge in [-0.2, -0.15) is 0 Å². The smallest absolute Gasteiger partial charge is 0.312 e. The third-order valence-corrected chi connectivity index (χ3v) is 3.63. The maximum Gasteiger partial charge on any atom is 0.312 e. The van der Waals surface area contributed by atoms with E-state index >= 15 is 0 Å². The maximum absolute atomic E-state index is 12.4. The van der Waals surface area contributed by atoms with Crippen LogP contribution in [0.1, 0.15) is 33.3 Å². The van der Waals surface area contributed by atoms with Gasteiger partial charge in [-0.25, -0.2) is 0 Å². The van der Waals surface area contributed by atoms with Gasteiger partial charge in [-0.3, -0.25) is 9.59 Å². The Labute approximate surface area is 121 Å². The number of aryl methyl sites for hydroxylation is 1. The molecule has 1 aliphatic heterocycles. The Morgan fingerprint density at radius 3 is 2.81 bits per heavy atom. The van der Waals surface area contributed by atoms with Crippen molar-refractivity contribution in [3.05, 3.63) is 52.9 Å². The normalized spacial score (nSPS) is 17.4. The largest absolute Gasteiger partial charge is 0.481 e. The van der Waals surface area contributed by atoms with Crippen molar-refractivity contribution in [2.45, 2.75) is 19.4 Å². The Kier molecular flexibility index (Phi) is 3.21. The van der Waals surface area contributed by atoms with E-state index in [1.54, 1.807) is 19.1 Å². The molecule has 0 radical (unpaired) electrons. The molecule has 1 aromatic carbocycles. The molecule has 1 atom stereocenters. The third-order valence-electron chi connectivity index (χ3n) is 3.63. The molecule has 1 aromatic heterocycles. The fraction of sp³-hybridized carbons (Fsp3) is 0.267. The van der Waals surface area contributed by atoms with Crippen molar-refractivity contribution < 1.29 is 19.2 Å². The first kappa shape index (κ1) is 13.4. The van der Waals surface area contributed by atoms with Crippen molar-refractivity contribution in [2.75, 3.05) is 6.54 Å². The molecule has 6 heteroatoms. The molecule has 6 nitrogen and oxygen atoms in total. The molecule has 1 aliphatic rings. The van der Waals surface area contributed by atoms with Crippen LogP contribution in [0.15, 0.2) is 34.9 Å². The topological polar surface area (TPSA) is 83.6 Å². The van der Waals surface area contributed by atoms with Crippen LogP contribution in [-0.4, -0.2) is 33.6 Å². The molecule has 0 fully saturated rings. The van der Waals surface area contributed by atoms with E-state index in [-0.39, 0.29) is 18.1 Å². The van der Waals surface area contributed by atoms with E-state index in [2.05, 4.69) is 5.16 Å². The molecular weight excluding hydrogens is 272 g/mol. The van der Waals surface area contributed by atoms with Crippen LogP contribution < -0.4 is 0 Å². The van der Waals surface area contributed by atoms with E-state index in [1.165, 1.54) is 4.90 Å². The molecule has 3 rings (SSSR count). The zero-order valence-corrected chi connectivity index (χ0v) is 11.4. The van der Waals surface area contributed by atoms with Gasteiger partial charge in [-0.05, 0) is 18.1 Å². The Balaban J connectivity index is 1.93. The standard InChI is InChI=1S/C15H14N2O4/c1-9-6-13(16-21-9)14(18)17-7-10-4-2-3-5-11(10)12(8-17)15(19)20/h2-6,12H,7-8H2,1H3,(H,19,20). The van der Waals surface area contributed by atoms with Crippen LogP contribution in [0.4, 0.5) is 0 Å². The lowest BCUT2D eigenvalue weighted by molar-refractivity contribution is -0.139. The summed E-state index contributed by atoms with van der Waals surface area (Å²) in [6, 6.07) is 8.85. The number of aliphatic carboxylic acids is 1. The van der Waals surface area contributed by atoms with Crippen molar-refractivity contribution >= 4 is 11.9 Å². The first-order chi connectivity index (χ1) is 10.1. The van der Waals surface area contributed by atoms with Crippen LogP contribution in [0, 0.1) is 6.92 Å². The molecule has 1 N–H and O–H groups in total. The molecule has 1 amide bonds. The highest BCUT2D eigenvalue weighted by Crippen LogP contribution is 2.29. The molecule has 1 unspecified atom stereocenters. The minimum absolute atomic E-state index is 0.136. The highest BCUT2D eigenvalue weighted by molar-refractivity contribution is 5.93. The molecule has 0 bridgehead atoms. The van der Waals surface area contributed by atoms with E-state index in [0.717, 1.165) is 11.1 Å². The summed E-state index contributed by atoms with van der Waals surface area (Å²) in [7, 11) is 0. The third kappa shape index (κ3) is 2.40. The number of rotatable bonds is 2. The van der Waals surface area contributed by atoms with E-state index in [4.69, 9.17) is 4.52 Å². The molecule has 0 saturated carbocycles. The number of amides is 1. The molecule has 2 heterocycles. The number of nitrogens with zero attached hydrogens (tertiary/aromatic N) is 2. The SMILES string of the molecule is Cc1cc(C(=O)N2Cc3ccccc3C(C(=O)O)C2)no1. The fourth-order valence-electron chi connectivity index (χ4n) is 2.60. The molecule has 0 saturated heterocycles. The fourth-order valence-corrected chi connectivity index (χ4v) is 2.60. The molecule has 21 heavy (non-hydrogen) atoms. The van der Waals surface area contributed by atoms with Gasteiger partial charge in [0.1, 0.15) is 5.76 Å². The van der Waals surface area contributed by atoms with E-state index < -0.39 is 11.9 Å². The molecule has 2 aromatic rings. The van der Waals surface area contributed by atoms with E-state index in [1.807, 2.05) is 18.2 Å². The van der Waals surface area contributed by atoms with Gasteiger partial charge in [-0.15, -0.1) is 0 Å². The van der Waals surface area contributed by atoms with Gasteiger partial charge in [-0.1, -0.05) is 29.4 Å². The van der Waals surface area contributed by atoms with Gasteiger partial charge in [0.15, 0.2) is 5.69 Å². The van der Waals surface area contributed by atoms with Crippen molar-refractivity contribution in [3.8, 4) is 0 Å². The number of hydrogen-bond donors (Lipinski definition) is 1. The van der Waals surface area contributed by atoms with Crippen molar-refractivity contribution in [2.24, 2.45) is 0 Å². The Bertz CT molecular complexity index is 707. The summed E-state index contributed by atoms with van der Waals surface area (Å²) in [5.41, 5.74) is 1.83. The predicted octanol–water partition coefficient (Wildman–Crippen LogP) is 1.81. The second-order valence-electron chi connectivity index (χ2n) is 5.10.